The number of hydrogen-bond donors (Lipinski definition) is 1. The third-order valence-corrected chi connectivity index (χ3v) is 5.74. The molecule has 0 saturated carbocycles. The first-order valence-corrected chi connectivity index (χ1v) is 10.7. The number of carbonyl (C=O) groups is 1. The number of nitriles is 1. The van der Waals surface area contributed by atoms with E-state index in [1.54, 1.807) is 17.0 Å². The van der Waals surface area contributed by atoms with Crippen molar-refractivity contribution in [2.75, 3.05) is 67.6 Å². The molecule has 1 amide bonds. The number of para-hydroxylation sites is 2. The van der Waals surface area contributed by atoms with Crippen LogP contribution in [0.2, 0.25) is 0 Å². The van der Waals surface area contributed by atoms with Crippen molar-refractivity contribution in [2.24, 2.45) is 0 Å². The summed E-state index contributed by atoms with van der Waals surface area (Å²) >= 11 is 0. The lowest BCUT2D eigenvalue weighted by atomic mass is 10.2. The number of benzene rings is 2. The Morgan fingerprint density at radius 3 is 2.34 bits per heavy atom. The van der Waals surface area contributed by atoms with Crippen LogP contribution in [0.3, 0.4) is 0 Å². The second kappa shape index (κ2) is 10.2. The molecule has 8 heteroatoms. The van der Waals surface area contributed by atoms with E-state index in [1.807, 2.05) is 30.3 Å². The molecule has 7 nitrogen and oxygen atoms in total. The average Bonchev–Trinajstić information content (AvgIpc) is 2.85. The summed E-state index contributed by atoms with van der Waals surface area (Å²) in [6.07, 6.45) is 1.49. The summed E-state index contributed by atoms with van der Waals surface area (Å²) in [5.41, 5.74) is 2.86. The van der Waals surface area contributed by atoms with E-state index in [9.17, 15) is 14.4 Å². The number of rotatable bonds is 5. The van der Waals surface area contributed by atoms with E-state index in [0.717, 1.165) is 30.2 Å². The first-order chi connectivity index (χ1) is 15.7. The van der Waals surface area contributed by atoms with Gasteiger partial charge in [-0.3, -0.25) is 4.79 Å². The molecule has 0 unspecified atom stereocenters. The molecular formula is C24H26FN5O2. The Morgan fingerprint density at radius 2 is 1.66 bits per heavy atom. The number of morpholine rings is 1. The van der Waals surface area contributed by atoms with Gasteiger partial charge in [-0.2, -0.15) is 5.26 Å². The van der Waals surface area contributed by atoms with Crippen molar-refractivity contribution < 1.29 is 13.9 Å². The fraction of sp³-hybridized carbons (Fsp3) is 0.333. The highest BCUT2D eigenvalue weighted by atomic mass is 19.1. The molecule has 32 heavy (non-hydrogen) atoms. The van der Waals surface area contributed by atoms with Crippen LogP contribution < -0.4 is 15.1 Å². The normalized spacial score (nSPS) is 17.1. The lowest BCUT2D eigenvalue weighted by molar-refractivity contribution is -0.127. The van der Waals surface area contributed by atoms with Crippen molar-refractivity contribution in [3.05, 3.63) is 66.1 Å². The van der Waals surface area contributed by atoms with Gasteiger partial charge < -0.3 is 24.8 Å². The van der Waals surface area contributed by atoms with E-state index >= 15 is 0 Å². The molecule has 0 bridgehead atoms. The molecule has 0 radical (unpaired) electrons. The highest BCUT2D eigenvalue weighted by molar-refractivity contribution is 5.97. The number of ether oxygens (including phenoxy) is 1. The minimum Gasteiger partial charge on any atom is -0.378 e. The Hall–Kier alpha value is -3.57. The average molecular weight is 436 g/mol. The molecule has 1 N–H and O–H groups in total. The van der Waals surface area contributed by atoms with Crippen molar-refractivity contribution >= 4 is 23.0 Å². The lowest BCUT2D eigenvalue weighted by Gasteiger charge is -2.36. The van der Waals surface area contributed by atoms with Crippen molar-refractivity contribution in [1.82, 2.24) is 4.90 Å². The molecule has 2 fully saturated rings. The fourth-order valence-corrected chi connectivity index (χ4v) is 3.96. The SMILES string of the molecule is N#C/C(=C/Nc1ccccc1N1CCOCC1)C(=O)N1CCN(c2ccc(F)cc2)CC1. The van der Waals surface area contributed by atoms with Crippen molar-refractivity contribution in [3.8, 4) is 6.07 Å². The van der Waals surface area contributed by atoms with Crippen molar-refractivity contribution in [2.45, 2.75) is 0 Å². The van der Waals surface area contributed by atoms with E-state index in [2.05, 4.69) is 15.1 Å². The minimum absolute atomic E-state index is 0.0667. The fourth-order valence-electron chi connectivity index (χ4n) is 3.96. The van der Waals surface area contributed by atoms with Gasteiger partial charge in [0.25, 0.3) is 5.91 Å². The maximum Gasteiger partial charge on any atom is 0.266 e. The van der Waals surface area contributed by atoms with Gasteiger partial charge in [-0.25, -0.2) is 4.39 Å². The third kappa shape index (κ3) is 5.01. The number of anilines is 3. The van der Waals surface area contributed by atoms with Crippen LogP contribution in [0.15, 0.2) is 60.3 Å². The van der Waals surface area contributed by atoms with Gasteiger partial charge in [0.2, 0.25) is 0 Å². The summed E-state index contributed by atoms with van der Waals surface area (Å²) in [5, 5.41) is 12.8. The summed E-state index contributed by atoms with van der Waals surface area (Å²) in [7, 11) is 0. The van der Waals surface area contributed by atoms with Gasteiger partial charge in [0.15, 0.2) is 0 Å². The first kappa shape index (κ1) is 21.7. The quantitative estimate of drug-likeness (QED) is 0.575. The molecule has 2 heterocycles. The van der Waals surface area contributed by atoms with Gasteiger partial charge in [0, 0.05) is 51.2 Å². The summed E-state index contributed by atoms with van der Waals surface area (Å²) in [6, 6.07) is 16.2. The Morgan fingerprint density at radius 1 is 0.969 bits per heavy atom. The lowest BCUT2D eigenvalue weighted by Crippen LogP contribution is -2.49. The highest BCUT2D eigenvalue weighted by Gasteiger charge is 2.24. The summed E-state index contributed by atoms with van der Waals surface area (Å²) in [6.45, 7) is 5.20. The molecule has 0 spiro atoms. The molecular weight excluding hydrogens is 409 g/mol. The van der Waals surface area contributed by atoms with Crippen molar-refractivity contribution in [1.29, 1.82) is 5.26 Å². The van der Waals surface area contributed by atoms with Gasteiger partial charge >= 0.3 is 0 Å². The van der Waals surface area contributed by atoms with E-state index in [0.29, 0.717) is 39.4 Å². The van der Waals surface area contributed by atoms with Crippen LogP contribution in [-0.4, -0.2) is 63.3 Å². The monoisotopic (exact) mass is 435 g/mol. The van der Waals surface area contributed by atoms with Crippen LogP contribution in [0.4, 0.5) is 21.5 Å². The first-order valence-electron chi connectivity index (χ1n) is 10.7. The molecule has 0 atom stereocenters. The predicted octanol–water partition coefficient (Wildman–Crippen LogP) is 2.83. The van der Waals surface area contributed by atoms with Gasteiger partial charge in [0.1, 0.15) is 17.5 Å². The summed E-state index contributed by atoms with van der Waals surface area (Å²) in [4.78, 5) is 18.9. The zero-order chi connectivity index (χ0) is 22.3. The number of amides is 1. The van der Waals surface area contributed by atoms with Crippen LogP contribution in [0.5, 0.6) is 0 Å². The predicted molar refractivity (Wildman–Crippen MR) is 122 cm³/mol. The van der Waals surface area contributed by atoms with E-state index in [-0.39, 0.29) is 17.3 Å². The van der Waals surface area contributed by atoms with Crippen LogP contribution >= 0.6 is 0 Å². The summed E-state index contributed by atoms with van der Waals surface area (Å²) < 4.78 is 18.6. The van der Waals surface area contributed by atoms with Gasteiger partial charge in [0.05, 0.1) is 24.6 Å². The van der Waals surface area contributed by atoms with E-state index < -0.39 is 0 Å². The second-order valence-corrected chi connectivity index (χ2v) is 7.69. The standard InChI is InChI=1S/C24H26FN5O2/c25-20-5-7-21(8-6-20)28-9-11-30(12-10-28)24(31)19(17-26)18-27-22-3-1-2-4-23(22)29-13-15-32-16-14-29/h1-8,18,27H,9-16H2/b19-18-. The number of carbonyl (C=O) groups excluding carboxylic acids is 1. The molecule has 2 saturated heterocycles. The topological polar surface area (TPSA) is 71.8 Å². The zero-order valence-corrected chi connectivity index (χ0v) is 17.8. The number of nitrogens with zero attached hydrogens (tertiary/aromatic N) is 4. The van der Waals surface area contributed by atoms with Gasteiger partial charge in [-0.15, -0.1) is 0 Å². The molecule has 2 aromatic carbocycles. The zero-order valence-electron chi connectivity index (χ0n) is 17.8. The molecule has 2 aliphatic heterocycles. The number of piperazine rings is 1. The maximum atomic E-state index is 13.2. The van der Waals surface area contributed by atoms with Crippen LogP contribution in [0.25, 0.3) is 0 Å². The highest BCUT2D eigenvalue weighted by Crippen LogP contribution is 2.26. The number of halogens is 1. The van der Waals surface area contributed by atoms with Crippen LogP contribution in [0.1, 0.15) is 0 Å². The van der Waals surface area contributed by atoms with Crippen LogP contribution in [-0.2, 0) is 9.53 Å². The number of hydrogen-bond acceptors (Lipinski definition) is 6. The Balaban J connectivity index is 1.39. The molecule has 4 rings (SSSR count). The summed E-state index contributed by atoms with van der Waals surface area (Å²) in [5.74, 6) is -0.559. The Kier molecular flexibility index (Phi) is 6.87. The minimum atomic E-state index is -0.289. The molecule has 0 aliphatic carbocycles. The van der Waals surface area contributed by atoms with Crippen LogP contribution in [0, 0.1) is 17.1 Å². The third-order valence-electron chi connectivity index (χ3n) is 5.74. The second-order valence-electron chi connectivity index (χ2n) is 7.69. The number of nitrogens with one attached hydrogen (secondary N) is 1. The molecule has 0 aromatic heterocycles. The maximum absolute atomic E-state index is 13.2. The molecule has 2 aromatic rings. The van der Waals surface area contributed by atoms with Crippen molar-refractivity contribution in [3.63, 3.8) is 0 Å². The Labute approximate surface area is 187 Å². The van der Waals surface area contributed by atoms with Gasteiger partial charge in [-0.05, 0) is 36.4 Å². The molecule has 166 valence electrons. The largest absolute Gasteiger partial charge is 0.378 e. The smallest absolute Gasteiger partial charge is 0.266 e. The van der Waals surface area contributed by atoms with Gasteiger partial charge in [-0.1, -0.05) is 12.1 Å². The van der Waals surface area contributed by atoms with E-state index in [4.69, 9.17) is 4.74 Å². The Bertz CT molecular complexity index is 1000. The molecule has 2 aliphatic rings. The van der Waals surface area contributed by atoms with E-state index in [1.165, 1.54) is 18.3 Å².